The molecule has 0 saturated heterocycles. The molecule has 2 rings (SSSR count). The predicted molar refractivity (Wildman–Crippen MR) is 89.7 cm³/mol. The Morgan fingerprint density at radius 2 is 1.70 bits per heavy atom. The highest BCUT2D eigenvalue weighted by Crippen LogP contribution is 2.28. The van der Waals surface area contributed by atoms with Crippen molar-refractivity contribution in [2.75, 3.05) is 19.5 Å². The predicted octanol–water partition coefficient (Wildman–Crippen LogP) is 3.76. The van der Waals surface area contributed by atoms with Crippen LogP contribution in [0.3, 0.4) is 0 Å². The van der Waals surface area contributed by atoms with Crippen molar-refractivity contribution in [2.45, 2.75) is 13.0 Å². The third-order valence-corrected chi connectivity index (χ3v) is 3.40. The van der Waals surface area contributed by atoms with Crippen LogP contribution in [0.2, 0.25) is 5.02 Å². The number of hydrogen-bond acceptors (Lipinski definition) is 4. The summed E-state index contributed by atoms with van der Waals surface area (Å²) in [5, 5.41) is 3.25. The van der Waals surface area contributed by atoms with E-state index in [-0.39, 0.29) is 5.91 Å². The average molecular weight is 336 g/mol. The van der Waals surface area contributed by atoms with Gasteiger partial charge in [0.05, 0.1) is 19.9 Å². The molecule has 1 amide bonds. The second-order valence-electron chi connectivity index (χ2n) is 4.77. The Bertz CT molecular complexity index is 673. The van der Waals surface area contributed by atoms with E-state index in [1.165, 1.54) is 7.11 Å². The molecule has 6 heteroatoms. The van der Waals surface area contributed by atoms with Crippen molar-refractivity contribution in [3.63, 3.8) is 0 Å². The first kappa shape index (κ1) is 17.0. The van der Waals surface area contributed by atoms with Gasteiger partial charge in [-0.15, -0.1) is 0 Å². The van der Waals surface area contributed by atoms with Gasteiger partial charge in [-0.3, -0.25) is 4.79 Å². The minimum absolute atomic E-state index is 0.304. The molecule has 0 radical (unpaired) electrons. The zero-order valence-corrected chi connectivity index (χ0v) is 13.9. The maximum atomic E-state index is 12.3. The van der Waals surface area contributed by atoms with Crippen LogP contribution in [0.5, 0.6) is 17.2 Å². The molecule has 0 bridgehead atoms. The van der Waals surface area contributed by atoms with Gasteiger partial charge in [-0.25, -0.2) is 0 Å². The van der Waals surface area contributed by atoms with Gasteiger partial charge in [-0.2, -0.15) is 0 Å². The summed E-state index contributed by atoms with van der Waals surface area (Å²) in [4.78, 5) is 12.3. The SMILES string of the molecule is COc1ccc(OC(C)C(=O)Nc2cc(Cl)ccc2OC)cc1. The van der Waals surface area contributed by atoms with E-state index in [1.807, 2.05) is 0 Å². The third kappa shape index (κ3) is 4.53. The number of halogens is 1. The first-order valence-electron chi connectivity index (χ1n) is 6.98. The lowest BCUT2D eigenvalue weighted by Crippen LogP contribution is -2.30. The molecule has 0 aliphatic carbocycles. The lowest BCUT2D eigenvalue weighted by atomic mass is 10.2. The Balaban J connectivity index is 2.03. The van der Waals surface area contributed by atoms with Crippen molar-refractivity contribution in [3.05, 3.63) is 47.5 Å². The number of rotatable bonds is 6. The standard InChI is InChI=1S/C17H18ClNO4/c1-11(23-14-7-5-13(21-2)6-8-14)17(20)19-15-10-12(18)4-9-16(15)22-3/h4-11H,1-3H3,(H,19,20). The lowest BCUT2D eigenvalue weighted by molar-refractivity contribution is -0.122. The van der Waals surface area contributed by atoms with Gasteiger partial charge >= 0.3 is 0 Å². The first-order valence-corrected chi connectivity index (χ1v) is 7.36. The van der Waals surface area contributed by atoms with Crippen molar-refractivity contribution in [1.29, 1.82) is 0 Å². The highest BCUT2D eigenvalue weighted by Gasteiger charge is 2.17. The van der Waals surface area contributed by atoms with Gasteiger partial charge in [-0.05, 0) is 49.4 Å². The van der Waals surface area contributed by atoms with Crippen LogP contribution in [-0.2, 0) is 4.79 Å². The molecule has 2 aromatic carbocycles. The zero-order chi connectivity index (χ0) is 16.8. The number of amides is 1. The molecule has 0 spiro atoms. The molecule has 0 aliphatic heterocycles. The number of carbonyl (C=O) groups is 1. The van der Waals surface area contributed by atoms with Gasteiger partial charge in [0.1, 0.15) is 17.2 Å². The van der Waals surface area contributed by atoms with Crippen LogP contribution >= 0.6 is 11.6 Å². The summed E-state index contributed by atoms with van der Waals surface area (Å²) < 4.78 is 15.9. The number of carbonyl (C=O) groups excluding carboxylic acids is 1. The number of benzene rings is 2. The molecule has 5 nitrogen and oxygen atoms in total. The average Bonchev–Trinajstić information content (AvgIpc) is 2.55. The summed E-state index contributed by atoms with van der Waals surface area (Å²) in [5.74, 6) is 1.52. The first-order chi connectivity index (χ1) is 11.0. The van der Waals surface area contributed by atoms with E-state index < -0.39 is 6.10 Å². The Hall–Kier alpha value is -2.40. The fraction of sp³-hybridized carbons (Fsp3) is 0.235. The van der Waals surface area contributed by atoms with Crippen LogP contribution in [0.15, 0.2) is 42.5 Å². The minimum Gasteiger partial charge on any atom is -0.497 e. The fourth-order valence-corrected chi connectivity index (χ4v) is 2.10. The largest absolute Gasteiger partial charge is 0.497 e. The molecule has 0 saturated carbocycles. The molecule has 0 aliphatic rings. The lowest BCUT2D eigenvalue weighted by Gasteiger charge is -2.16. The van der Waals surface area contributed by atoms with Gasteiger partial charge in [0, 0.05) is 5.02 Å². The van der Waals surface area contributed by atoms with Crippen LogP contribution in [0, 0.1) is 0 Å². The van der Waals surface area contributed by atoms with E-state index >= 15 is 0 Å². The van der Waals surface area contributed by atoms with Crippen molar-refractivity contribution >= 4 is 23.2 Å². The van der Waals surface area contributed by atoms with Crippen LogP contribution in [0.4, 0.5) is 5.69 Å². The summed E-state index contributed by atoms with van der Waals surface area (Å²) in [5.41, 5.74) is 0.496. The number of hydrogen-bond donors (Lipinski definition) is 1. The summed E-state index contributed by atoms with van der Waals surface area (Å²) in [6.45, 7) is 1.66. The van der Waals surface area contributed by atoms with Crippen molar-refractivity contribution < 1.29 is 19.0 Å². The van der Waals surface area contributed by atoms with Crippen LogP contribution in [0.1, 0.15) is 6.92 Å². The molecule has 0 fully saturated rings. The summed E-state index contributed by atoms with van der Waals surface area (Å²) >= 11 is 5.95. The van der Waals surface area contributed by atoms with Gasteiger partial charge in [0.2, 0.25) is 0 Å². The quantitative estimate of drug-likeness (QED) is 0.873. The molecular weight excluding hydrogens is 318 g/mol. The third-order valence-electron chi connectivity index (χ3n) is 3.16. The van der Waals surface area contributed by atoms with Gasteiger partial charge in [0.15, 0.2) is 6.10 Å². The normalized spacial score (nSPS) is 11.5. The van der Waals surface area contributed by atoms with Gasteiger partial charge < -0.3 is 19.5 Å². The molecule has 2 aromatic rings. The molecule has 0 aromatic heterocycles. The molecule has 1 N–H and O–H groups in total. The second-order valence-corrected chi connectivity index (χ2v) is 5.21. The van der Waals surface area contributed by atoms with E-state index in [0.717, 1.165) is 5.75 Å². The second kappa shape index (κ2) is 7.74. The molecular formula is C17H18ClNO4. The Kier molecular flexibility index (Phi) is 5.71. The summed E-state index contributed by atoms with van der Waals surface area (Å²) in [7, 11) is 3.11. The van der Waals surface area contributed by atoms with E-state index in [2.05, 4.69) is 5.32 Å². The van der Waals surface area contributed by atoms with E-state index in [9.17, 15) is 4.79 Å². The van der Waals surface area contributed by atoms with Crippen LogP contribution in [-0.4, -0.2) is 26.2 Å². The van der Waals surface area contributed by atoms with Crippen molar-refractivity contribution in [3.8, 4) is 17.2 Å². The fourth-order valence-electron chi connectivity index (χ4n) is 1.92. The topological polar surface area (TPSA) is 56.8 Å². The highest BCUT2D eigenvalue weighted by atomic mass is 35.5. The maximum absolute atomic E-state index is 12.3. The Morgan fingerprint density at radius 1 is 1.04 bits per heavy atom. The molecule has 23 heavy (non-hydrogen) atoms. The zero-order valence-electron chi connectivity index (χ0n) is 13.1. The van der Waals surface area contributed by atoms with Crippen molar-refractivity contribution in [2.24, 2.45) is 0 Å². The number of ether oxygens (including phenoxy) is 3. The van der Waals surface area contributed by atoms with E-state index in [0.29, 0.717) is 22.2 Å². The van der Waals surface area contributed by atoms with Gasteiger partial charge in [0.25, 0.3) is 5.91 Å². The number of nitrogens with one attached hydrogen (secondary N) is 1. The van der Waals surface area contributed by atoms with Crippen LogP contribution < -0.4 is 19.5 Å². The van der Waals surface area contributed by atoms with E-state index in [1.54, 1.807) is 56.5 Å². The van der Waals surface area contributed by atoms with Crippen molar-refractivity contribution in [1.82, 2.24) is 0 Å². The summed E-state index contributed by atoms with van der Waals surface area (Å²) in [6.07, 6.45) is -0.688. The Labute approximate surface area is 140 Å². The molecule has 0 heterocycles. The maximum Gasteiger partial charge on any atom is 0.265 e. The number of anilines is 1. The number of methoxy groups -OCH3 is 2. The smallest absolute Gasteiger partial charge is 0.265 e. The summed E-state index contributed by atoms with van der Waals surface area (Å²) in [6, 6.07) is 12.0. The minimum atomic E-state index is -0.688. The highest BCUT2D eigenvalue weighted by molar-refractivity contribution is 6.31. The molecule has 122 valence electrons. The Morgan fingerprint density at radius 3 is 2.30 bits per heavy atom. The monoisotopic (exact) mass is 335 g/mol. The van der Waals surface area contributed by atoms with Gasteiger partial charge in [-0.1, -0.05) is 11.6 Å². The van der Waals surface area contributed by atoms with E-state index in [4.69, 9.17) is 25.8 Å². The molecule has 1 atom stereocenters. The van der Waals surface area contributed by atoms with Crippen LogP contribution in [0.25, 0.3) is 0 Å². The molecule has 1 unspecified atom stereocenters.